The van der Waals surface area contributed by atoms with Gasteiger partial charge in [-0.2, -0.15) is 10.1 Å². The monoisotopic (exact) mass is 262 g/mol. The molecule has 0 radical (unpaired) electrons. The van der Waals surface area contributed by atoms with Crippen molar-refractivity contribution in [3.8, 4) is 0 Å². The van der Waals surface area contributed by atoms with E-state index in [-0.39, 0.29) is 12.1 Å². The number of hydrazone groups is 1. The summed E-state index contributed by atoms with van der Waals surface area (Å²) in [5.41, 5.74) is -1.13. The summed E-state index contributed by atoms with van der Waals surface area (Å²) in [5.74, 6) is -1.11. The molecular formula is C13H14N2O4. The van der Waals surface area contributed by atoms with Gasteiger partial charge in [0, 0.05) is 12.5 Å². The van der Waals surface area contributed by atoms with Crippen molar-refractivity contribution in [1.82, 2.24) is 5.01 Å². The third-order valence-corrected chi connectivity index (χ3v) is 2.94. The molecule has 0 spiro atoms. The predicted octanol–water partition coefficient (Wildman–Crippen LogP) is 0.613. The molecule has 1 N–H and O–H groups in total. The number of methoxy groups -OCH3 is 1. The van der Waals surface area contributed by atoms with Gasteiger partial charge in [0.05, 0.1) is 13.5 Å². The second-order valence-electron chi connectivity index (χ2n) is 4.23. The van der Waals surface area contributed by atoms with Crippen molar-refractivity contribution in [2.24, 2.45) is 5.10 Å². The van der Waals surface area contributed by atoms with Crippen molar-refractivity contribution in [1.29, 1.82) is 0 Å². The largest absolute Gasteiger partial charge is 0.464 e. The number of carbonyl (C=O) groups is 2. The van der Waals surface area contributed by atoms with Crippen molar-refractivity contribution >= 4 is 17.6 Å². The van der Waals surface area contributed by atoms with Gasteiger partial charge in [-0.1, -0.05) is 30.3 Å². The number of benzene rings is 1. The van der Waals surface area contributed by atoms with E-state index in [0.717, 1.165) is 5.01 Å². The fourth-order valence-electron chi connectivity index (χ4n) is 2.04. The number of carbonyl (C=O) groups excluding carboxylic acids is 2. The first-order valence-electron chi connectivity index (χ1n) is 5.73. The number of esters is 1. The molecule has 0 bridgehead atoms. The Morgan fingerprint density at radius 2 is 2.00 bits per heavy atom. The van der Waals surface area contributed by atoms with Gasteiger partial charge >= 0.3 is 5.97 Å². The first-order chi connectivity index (χ1) is 8.99. The van der Waals surface area contributed by atoms with Gasteiger partial charge in [0.15, 0.2) is 11.4 Å². The second kappa shape index (κ2) is 4.81. The van der Waals surface area contributed by atoms with E-state index >= 15 is 0 Å². The third kappa shape index (κ3) is 2.22. The molecule has 1 aromatic rings. The van der Waals surface area contributed by atoms with Crippen LogP contribution in [0.25, 0.3) is 0 Å². The molecule has 1 heterocycles. The molecule has 6 heteroatoms. The zero-order chi connectivity index (χ0) is 14.0. The molecule has 6 nitrogen and oxygen atoms in total. The fourth-order valence-corrected chi connectivity index (χ4v) is 2.04. The molecule has 0 saturated carbocycles. The van der Waals surface area contributed by atoms with Crippen molar-refractivity contribution in [3.05, 3.63) is 35.9 Å². The van der Waals surface area contributed by atoms with Gasteiger partial charge in [-0.15, -0.1) is 0 Å². The minimum atomic E-state index is -1.64. The lowest BCUT2D eigenvalue weighted by molar-refractivity contribution is -0.155. The highest BCUT2D eigenvalue weighted by Gasteiger charge is 2.46. The average molecular weight is 262 g/mol. The van der Waals surface area contributed by atoms with Crippen LogP contribution in [0.3, 0.4) is 0 Å². The number of nitrogens with zero attached hydrogens (tertiary/aromatic N) is 2. The Morgan fingerprint density at radius 3 is 2.53 bits per heavy atom. The molecule has 1 atom stereocenters. The van der Waals surface area contributed by atoms with Crippen LogP contribution in [0.4, 0.5) is 0 Å². The van der Waals surface area contributed by atoms with E-state index in [1.54, 1.807) is 30.3 Å². The number of hydrogen-bond donors (Lipinski definition) is 1. The van der Waals surface area contributed by atoms with Gasteiger partial charge in [0.2, 0.25) is 5.91 Å². The minimum absolute atomic E-state index is 0.0176. The van der Waals surface area contributed by atoms with Gasteiger partial charge in [-0.3, -0.25) is 4.79 Å². The maximum atomic E-state index is 11.6. The summed E-state index contributed by atoms with van der Waals surface area (Å²) in [6, 6.07) is 8.61. The molecule has 19 heavy (non-hydrogen) atoms. The van der Waals surface area contributed by atoms with Gasteiger partial charge < -0.3 is 9.84 Å². The van der Waals surface area contributed by atoms with Crippen LogP contribution in [-0.4, -0.2) is 34.8 Å². The Morgan fingerprint density at radius 1 is 1.37 bits per heavy atom. The first kappa shape index (κ1) is 13.2. The van der Waals surface area contributed by atoms with Gasteiger partial charge in [-0.25, -0.2) is 4.79 Å². The number of amides is 1. The van der Waals surface area contributed by atoms with E-state index in [9.17, 15) is 14.7 Å². The number of ether oxygens (including phenoxy) is 1. The Bertz CT molecular complexity index is 541. The number of aliphatic hydroxyl groups is 1. The summed E-state index contributed by atoms with van der Waals surface area (Å²) in [4.78, 5) is 23.1. The predicted molar refractivity (Wildman–Crippen MR) is 66.9 cm³/mol. The topological polar surface area (TPSA) is 79.2 Å². The van der Waals surface area contributed by atoms with Gasteiger partial charge in [-0.05, 0) is 0 Å². The Labute approximate surface area is 110 Å². The Balaban J connectivity index is 2.42. The van der Waals surface area contributed by atoms with Crippen molar-refractivity contribution < 1.29 is 19.4 Å². The summed E-state index contributed by atoms with van der Waals surface area (Å²) in [6.07, 6.45) is -0.0940. The standard InChI is InChI=1S/C13H14N2O4/c1-9(16)15-13(18,10-6-4-3-5-7-10)8-11(14-15)12(17)19-2/h3-7,18H,8H2,1-2H3. The van der Waals surface area contributed by atoms with Crippen molar-refractivity contribution in [2.75, 3.05) is 7.11 Å². The highest BCUT2D eigenvalue weighted by molar-refractivity contribution is 6.37. The molecule has 0 fully saturated rings. The van der Waals surface area contributed by atoms with Crippen LogP contribution in [0.5, 0.6) is 0 Å². The van der Waals surface area contributed by atoms with E-state index in [1.165, 1.54) is 14.0 Å². The van der Waals surface area contributed by atoms with E-state index in [2.05, 4.69) is 9.84 Å². The van der Waals surface area contributed by atoms with Crippen molar-refractivity contribution in [3.63, 3.8) is 0 Å². The highest BCUT2D eigenvalue weighted by Crippen LogP contribution is 2.35. The molecule has 0 saturated heterocycles. The van der Waals surface area contributed by atoms with Crippen LogP contribution in [0.1, 0.15) is 18.9 Å². The minimum Gasteiger partial charge on any atom is -0.464 e. The quantitative estimate of drug-likeness (QED) is 0.792. The van der Waals surface area contributed by atoms with Crippen LogP contribution in [0, 0.1) is 0 Å². The average Bonchev–Trinajstić information content (AvgIpc) is 2.78. The van der Waals surface area contributed by atoms with Gasteiger partial charge in [0.25, 0.3) is 0 Å². The first-order valence-corrected chi connectivity index (χ1v) is 5.73. The molecule has 1 aliphatic heterocycles. The lowest BCUT2D eigenvalue weighted by Gasteiger charge is -2.30. The molecule has 1 amide bonds. The third-order valence-electron chi connectivity index (χ3n) is 2.94. The van der Waals surface area contributed by atoms with E-state index in [0.29, 0.717) is 5.56 Å². The Kier molecular flexibility index (Phi) is 3.35. The molecule has 1 unspecified atom stereocenters. The maximum Gasteiger partial charge on any atom is 0.354 e. The molecule has 0 aliphatic carbocycles. The van der Waals surface area contributed by atoms with Crippen molar-refractivity contribution in [2.45, 2.75) is 19.1 Å². The van der Waals surface area contributed by atoms with Crippen LogP contribution < -0.4 is 0 Å². The summed E-state index contributed by atoms with van der Waals surface area (Å²) in [7, 11) is 1.23. The maximum absolute atomic E-state index is 11.6. The van der Waals surface area contributed by atoms with E-state index < -0.39 is 17.6 Å². The fraction of sp³-hybridized carbons (Fsp3) is 0.308. The van der Waals surface area contributed by atoms with Crippen LogP contribution in [0.15, 0.2) is 35.4 Å². The Hall–Kier alpha value is -2.21. The van der Waals surface area contributed by atoms with Crippen LogP contribution in [0.2, 0.25) is 0 Å². The highest BCUT2D eigenvalue weighted by atomic mass is 16.5. The van der Waals surface area contributed by atoms with E-state index in [4.69, 9.17) is 0 Å². The number of rotatable bonds is 2. The lowest BCUT2D eigenvalue weighted by Crippen LogP contribution is -2.42. The SMILES string of the molecule is COC(=O)C1=NN(C(C)=O)C(O)(c2ccccc2)C1. The zero-order valence-electron chi connectivity index (χ0n) is 10.7. The summed E-state index contributed by atoms with van der Waals surface area (Å²) in [6.45, 7) is 1.28. The zero-order valence-corrected chi connectivity index (χ0v) is 10.7. The molecule has 2 rings (SSSR count). The van der Waals surface area contributed by atoms with Gasteiger partial charge in [0.1, 0.15) is 0 Å². The summed E-state index contributed by atoms with van der Waals surface area (Å²) in [5, 5.41) is 15.5. The lowest BCUT2D eigenvalue weighted by atomic mass is 9.97. The van der Waals surface area contributed by atoms with E-state index in [1.807, 2.05) is 0 Å². The smallest absolute Gasteiger partial charge is 0.354 e. The summed E-state index contributed by atoms with van der Waals surface area (Å²) < 4.78 is 4.57. The van der Waals surface area contributed by atoms with Crippen LogP contribution in [-0.2, 0) is 20.1 Å². The second-order valence-corrected chi connectivity index (χ2v) is 4.23. The molecule has 0 aromatic heterocycles. The normalized spacial score (nSPS) is 22.1. The molecule has 100 valence electrons. The van der Waals surface area contributed by atoms with Crippen LogP contribution >= 0.6 is 0 Å². The molecular weight excluding hydrogens is 248 g/mol. The molecule has 1 aliphatic rings. The number of hydrogen-bond acceptors (Lipinski definition) is 5. The summed E-state index contributed by atoms with van der Waals surface area (Å²) >= 11 is 0. The molecule has 1 aromatic carbocycles.